The van der Waals surface area contributed by atoms with Crippen LogP contribution in [0.1, 0.15) is 5.56 Å². The van der Waals surface area contributed by atoms with Gasteiger partial charge in [-0.3, -0.25) is 0 Å². The Balaban J connectivity index is 1.72. The molecule has 2 heterocycles. The van der Waals surface area contributed by atoms with Crippen LogP contribution in [-0.2, 0) is 22.8 Å². The average Bonchev–Trinajstić information content (AvgIpc) is 3.12. The third kappa shape index (κ3) is 3.58. The zero-order valence-corrected chi connectivity index (χ0v) is 18.8. The van der Waals surface area contributed by atoms with Crippen molar-refractivity contribution in [2.24, 2.45) is 0 Å². The molecule has 0 aliphatic heterocycles. The minimum absolute atomic E-state index is 0.0121. The normalized spacial score (nSPS) is 11.8. The predicted molar refractivity (Wildman–Crippen MR) is 128 cm³/mol. The lowest BCUT2D eigenvalue weighted by atomic mass is 10.1. The Labute approximate surface area is 191 Å². The van der Waals surface area contributed by atoms with Crippen molar-refractivity contribution in [1.82, 2.24) is 14.5 Å². The molecule has 0 fully saturated rings. The number of sulfone groups is 1. The molecule has 5 aromatic rings. The van der Waals surface area contributed by atoms with Crippen molar-refractivity contribution in [2.45, 2.75) is 22.8 Å². The van der Waals surface area contributed by atoms with E-state index in [-0.39, 0.29) is 21.1 Å². The van der Waals surface area contributed by atoms with Crippen molar-refractivity contribution in [3.05, 3.63) is 84.4 Å². The third-order valence-electron chi connectivity index (χ3n) is 5.67. The number of ether oxygens (including phenoxy) is 1. The van der Waals surface area contributed by atoms with Crippen LogP contribution < -0.4 is 10.5 Å². The number of nitrogen functional groups attached to an aromatic ring is 1. The third-order valence-corrected chi connectivity index (χ3v) is 7.50. The standard InChI is InChI=1S/C25H22N4O3S/c1-32-21-14-8-5-9-17(21)15-16-29-24(26)23(33(30,31)18-10-3-2-4-11-18)22-25(29)28-20-13-7-6-12-19(20)27-22/h2-14H,15-16,26H2,1H3. The van der Waals surface area contributed by atoms with Gasteiger partial charge in [0.15, 0.2) is 5.65 Å². The fourth-order valence-electron chi connectivity index (χ4n) is 4.04. The molecule has 0 aliphatic carbocycles. The highest BCUT2D eigenvalue weighted by Gasteiger charge is 2.30. The Morgan fingerprint density at radius 3 is 2.24 bits per heavy atom. The summed E-state index contributed by atoms with van der Waals surface area (Å²) < 4.78 is 34.4. The fourth-order valence-corrected chi connectivity index (χ4v) is 5.57. The Hall–Kier alpha value is -3.91. The van der Waals surface area contributed by atoms with Crippen LogP contribution in [0.5, 0.6) is 5.75 Å². The molecule has 3 aromatic carbocycles. The van der Waals surface area contributed by atoms with Crippen molar-refractivity contribution in [1.29, 1.82) is 0 Å². The number of anilines is 1. The molecule has 0 unspecified atom stereocenters. The molecule has 5 rings (SSSR count). The Morgan fingerprint density at radius 2 is 1.52 bits per heavy atom. The van der Waals surface area contributed by atoms with Crippen molar-refractivity contribution >= 4 is 37.9 Å². The molecule has 33 heavy (non-hydrogen) atoms. The van der Waals surface area contributed by atoms with Crippen molar-refractivity contribution in [3.63, 3.8) is 0 Å². The van der Waals surface area contributed by atoms with E-state index in [2.05, 4.69) is 4.98 Å². The number of aromatic nitrogens is 3. The lowest BCUT2D eigenvalue weighted by Crippen LogP contribution is -2.09. The van der Waals surface area contributed by atoms with E-state index in [0.29, 0.717) is 29.6 Å². The molecule has 8 heteroatoms. The summed E-state index contributed by atoms with van der Waals surface area (Å²) in [5.74, 6) is 0.889. The lowest BCUT2D eigenvalue weighted by molar-refractivity contribution is 0.408. The zero-order chi connectivity index (χ0) is 23.0. The van der Waals surface area contributed by atoms with E-state index in [1.165, 1.54) is 0 Å². The van der Waals surface area contributed by atoms with Gasteiger partial charge in [0.05, 0.1) is 23.0 Å². The second kappa shape index (κ2) is 8.22. The van der Waals surface area contributed by atoms with Crippen molar-refractivity contribution in [2.75, 3.05) is 12.8 Å². The van der Waals surface area contributed by atoms with Crippen molar-refractivity contribution in [3.8, 4) is 5.75 Å². The minimum atomic E-state index is -3.91. The first-order valence-electron chi connectivity index (χ1n) is 10.5. The first kappa shape index (κ1) is 21.0. The molecule has 2 N–H and O–H groups in total. The van der Waals surface area contributed by atoms with Crippen LogP contribution in [0.3, 0.4) is 0 Å². The number of para-hydroxylation sites is 3. The van der Waals surface area contributed by atoms with Crippen molar-refractivity contribution < 1.29 is 13.2 Å². The van der Waals surface area contributed by atoms with Gasteiger partial charge in [-0.05, 0) is 42.3 Å². The van der Waals surface area contributed by atoms with E-state index in [1.807, 2.05) is 48.5 Å². The second-order valence-corrected chi connectivity index (χ2v) is 9.52. The molecule has 166 valence electrons. The molecule has 0 spiro atoms. The number of methoxy groups -OCH3 is 1. The van der Waals surface area contributed by atoms with Crippen LogP contribution >= 0.6 is 0 Å². The smallest absolute Gasteiger partial charge is 0.212 e. The maximum Gasteiger partial charge on any atom is 0.212 e. The van der Waals surface area contributed by atoms with Gasteiger partial charge in [-0.25, -0.2) is 18.4 Å². The molecule has 0 aliphatic rings. The van der Waals surface area contributed by atoms with E-state index in [9.17, 15) is 8.42 Å². The van der Waals surface area contributed by atoms with Crippen LogP contribution in [0.2, 0.25) is 0 Å². The van der Waals surface area contributed by atoms with E-state index < -0.39 is 9.84 Å². The molecule has 2 aromatic heterocycles. The topological polar surface area (TPSA) is 100 Å². The summed E-state index contributed by atoms with van der Waals surface area (Å²) >= 11 is 0. The largest absolute Gasteiger partial charge is 0.496 e. The summed E-state index contributed by atoms with van der Waals surface area (Å²) in [6.45, 7) is 0.417. The summed E-state index contributed by atoms with van der Waals surface area (Å²) in [4.78, 5) is 9.57. The Bertz CT molecular complexity index is 1580. The maximum atomic E-state index is 13.6. The molecule has 7 nitrogen and oxygen atoms in total. The van der Waals surface area contributed by atoms with E-state index in [4.69, 9.17) is 15.5 Å². The monoisotopic (exact) mass is 458 g/mol. The van der Waals surface area contributed by atoms with Gasteiger partial charge in [0.2, 0.25) is 9.84 Å². The first-order valence-corrected chi connectivity index (χ1v) is 12.0. The van der Waals surface area contributed by atoms with Crippen LogP contribution in [0.15, 0.2) is 88.7 Å². The lowest BCUT2D eigenvalue weighted by Gasteiger charge is -2.11. The van der Waals surface area contributed by atoms with Crippen LogP contribution in [-0.4, -0.2) is 30.1 Å². The maximum absolute atomic E-state index is 13.6. The van der Waals surface area contributed by atoms with Gasteiger partial charge in [-0.15, -0.1) is 0 Å². The molecule has 0 saturated carbocycles. The zero-order valence-electron chi connectivity index (χ0n) is 18.0. The van der Waals surface area contributed by atoms with Gasteiger partial charge >= 0.3 is 0 Å². The molecule has 0 radical (unpaired) electrons. The second-order valence-electron chi connectivity index (χ2n) is 7.63. The highest BCUT2D eigenvalue weighted by molar-refractivity contribution is 7.92. The summed E-state index contributed by atoms with van der Waals surface area (Å²) in [6, 6.07) is 23.3. The van der Waals surface area contributed by atoms with Gasteiger partial charge in [-0.2, -0.15) is 0 Å². The van der Waals surface area contributed by atoms with E-state index in [0.717, 1.165) is 11.3 Å². The summed E-state index contributed by atoms with van der Waals surface area (Å²) in [5.41, 5.74) is 9.49. The number of benzene rings is 3. The molecule has 0 bridgehead atoms. The van der Waals surface area contributed by atoms with E-state index in [1.54, 1.807) is 42.0 Å². The van der Waals surface area contributed by atoms with Gasteiger partial charge in [-0.1, -0.05) is 48.5 Å². The number of hydrogen-bond donors (Lipinski definition) is 1. The summed E-state index contributed by atoms with van der Waals surface area (Å²) in [6.07, 6.45) is 0.581. The predicted octanol–water partition coefficient (Wildman–Crippen LogP) is 4.25. The molecule has 0 saturated heterocycles. The Morgan fingerprint density at radius 1 is 0.879 bits per heavy atom. The molecule has 0 atom stereocenters. The number of hydrogen-bond acceptors (Lipinski definition) is 6. The number of rotatable bonds is 6. The first-order chi connectivity index (χ1) is 16.0. The Kier molecular flexibility index (Phi) is 5.22. The number of aryl methyl sites for hydroxylation is 2. The summed E-state index contributed by atoms with van der Waals surface area (Å²) in [7, 11) is -2.29. The minimum Gasteiger partial charge on any atom is -0.496 e. The quantitative estimate of drug-likeness (QED) is 0.408. The van der Waals surface area contributed by atoms with Gasteiger partial charge in [0.25, 0.3) is 0 Å². The highest BCUT2D eigenvalue weighted by Crippen LogP contribution is 2.35. The van der Waals surface area contributed by atoms with Gasteiger partial charge < -0.3 is 15.0 Å². The average molecular weight is 459 g/mol. The number of nitrogens with two attached hydrogens (primary N) is 1. The molecular formula is C25H22N4O3S. The van der Waals surface area contributed by atoms with E-state index >= 15 is 0 Å². The molecule has 0 amide bonds. The highest BCUT2D eigenvalue weighted by atomic mass is 32.2. The van der Waals surface area contributed by atoms with Crippen LogP contribution in [0.25, 0.3) is 22.2 Å². The number of fused-ring (bicyclic) bond motifs is 2. The van der Waals surface area contributed by atoms with Gasteiger partial charge in [0, 0.05) is 6.54 Å². The van der Waals surface area contributed by atoms with Crippen LogP contribution in [0.4, 0.5) is 5.82 Å². The number of nitrogens with zero attached hydrogens (tertiary/aromatic N) is 3. The van der Waals surface area contributed by atoms with Gasteiger partial charge in [0.1, 0.15) is 22.0 Å². The van der Waals surface area contributed by atoms with Crippen LogP contribution in [0, 0.1) is 0 Å². The summed E-state index contributed by atoms with van der Waals surface area (Å²) in [5, 5.41) is 0. The molecular weight excluding hydrogens is 436 g/mol. The fraction of sp³-hybridized carbons (Fsp3) is 0.120. The SMILES string of the molecule is COc1ccccc1CCn1c(N)c(S(=O)(=O)c2ccccc2)c2nc3ccccc3nc21.